The van der Waals surface area contributed by atoms with Gasteiger partial charge in [-0.3, -0.25) is 9.59 Å². The maximum absolute atomic E-state index is 12.0. The second kappa shape index (κ2) is 8.15. The van der Waals surface area contributed by atoms with Crippen LogP contribution in [0.5, 0.6) is 5.75 Å². The number of methoxy groups -OCH3 is 1. The number of amides is 2. The molecule has 0 unspecified atom stereocenters. The van der Waals surface area contributed by atoms with Crippen LogP contribution in [0.4, 0.5) is 5.69 Å². The molecule has 0 saturated carbocycles. The lowest BCUT2D eigenvalue weighted by Gasteiger charge is -2.09. The van der Waals surface area contributed by atoms with E-state index in [4.69, 9.17) is 4.74 Å². The van der Waals surface area contributed by atoms with Crippen LogP contribution in [0.1, 0.15) is 27.9 Å². The van der Waals surface area contributed by atoms with Gasteiger partial charge in [-0.15, -0.1) is 0 Å². The van der Waals surface area contributed by atoms with E-state index in [1.54, 1.807) is 31.4 Å². The standard InChI is InChI=1S/C19H22N2O3/c1-13-4-7-16(12-14(13)2)21-18(22)10-11-20-19(23)15-5-8-17(24-3)9-6-15/h4-9,12H,10-11H2,1-3H3,(H,20,23)(H,21,22). The Kier molecular flexibility index (Phi) is 5.95. The molecule has 5 nitrogen and oxygen atoms in total. The highest BCUT2D eigenvalue weighted by atomic mass is 16.5. The highest BCUT2D eigenvalue weighted by Gasteiger charge is 2.07. The largest absolute Gasteiger partial charge is 0.497 e. The Morgan fingerprint density at radius 3 is 2.33 bits per heavy atom. The third-order valence-electron chi connectivity index (χ3n) is 3.78. The molecule has 2 N–H and O–H groups in total. The molecule has 0 spiro atoms. The van der Waals surface area contributed by atoms with Crippen molar-refractivity contribution in [1.29, 1.82) is 0 Å². The molecule has 0 aliphatic carbocycles. The van der Waals surface area contributed by atoms with Gasteiger partial charge in [0.25, 0.3) is 5.91 Å². The third-order valence-corrected chi connectivity index (χ3v) is 3.78. The highest BCUT2D eigenvalue weighted by molar-refractivity contribution is 5.95. The van der Waals surface area contributed by atoms with Gasteiger partial charge in [0.15, 0.2) is 0 Å². The first-order chi connectivity index (χ1) is 11.5. The fourth-order valence-corrected chi connectivity index (χ4v) is 2.18. The normalized spacial score (nSPS) is 10.1. The van der Waals surface area contributed by atoms with Gasteiger partial charge in [0.05, 0.1) is 7.11 Å². The Morgan fingerprint density at radius 2 is 1.71 bits per heavy atom. The number of aryl methyl sites for hydroxylation is 2. The molecule has 24 heavy (non-hydrogen) atoms. The summed E-state index contributed by atoms with van der Waals surface area (Å²) in [5.74, 6) is 0.351. The summed E-state index contributed by atoms with van der Waals surface area (Å²) in [6.07, 6.45) is 0.217. The first-order valence-electron chi connectivity index (χ1n) is 7.79. The number of carbonyl (C=O) groups excluding carboxylic acids is 2. The van der Waals surface area contributed by atoms with E-state index >= 15 is 0 Å². The molecule has 2 rings (SSSR count). The topological polar surface area (TPSA) is 67.4 Å². The zero-order chi connectivity index (χ0) is 17.5. The van der Waals surface area contributed by atoms with Gasteiger partial charge < -0.3 is 15.4 Å². The quantitative estimate of drug-likeness (QED) is 0.857. The van der Waals surface area contributed by atoms with Crippen molar-refractivity contribution in [2.45, 2.75) is 20.3 Å². The van der Waals surface area contributed by atoms with Gasteiger partial charge in [-0.1, -0.05) is 6.07 Å². The van der Waals surface area contributed by atoms with Crippen molar-refractivity contribution in [2.24, 2.45) is 0 Å². The Balaban J connectivity index is 1.79. The van der Waals surface area contributed by atoms with E-state index in [9.17, 15) is 9.59 Å². The van der Waals surface area contributed by atoms with Crippen molar-refractivity contribution in [3.05, 3.63) is 59.2 Å². The van der Waals surface area contributed by atoms with Crippen molar-refractivity contribution >= 4 is 17.5 Å². The fraction of sp³-hybridized carbons (Fsp3) is 0.263. The number of rotatable bonds is 6. The summed E-state index contributed by atoms with van der Waals surface area (Å²) < 4.78 is 5.05. The van der Waals surface area contributed by atoms with Gasteiger partial charge >= 0.3 is 0 Å². The molecule has 0 aliphatic rings. The van der Waals surface area contributed by atoms with E-state index in [0.29, 0.717) is 11.3 Å². The number of carbonyl (C=O) groups is 2. The molecule has 0 atom stereocenters. The summed E-state index contributed by atoms with van der Waals surface area (Å²) in [5.41, 5.74) is 3.61. The van der Waals surface area contributed by atoms with Crippen LogP contribution in [0.25, 0.3) is 0 Å². The van der Waals surface area contributed by atoms with Crippen LogP contribution >= 0.6 is 0 Å². The molecule has 2 aromatic rings. The van der Waals surface area contributed by atoms with E-state index in [2.05, 4.69) is 10.6 Å². The van der Waals surface area contributed by atoms with Crippen LogP contribution in [-0.4, -0.2) is 25.5 Å². The van der Waals surface area contributed by atoms with Crippen molar-refractivity contribution < 1.29 is 14.3 Å². The molecule has 0 saturated heterocycles. The van der Waals surface area contributed by atoms with E-state index in [-0.39, 0.29) is 24.8 Å². The SMILES string of the molecule is COc1ccc(C(=O)NCCC(=O)Nc2ccc(C)c(C)c2)cc1. The maximum Gasteiger partial charge on any atom is 0.251 e. The van der Waals surface area contributed by atoms with Gasteiger partial charge in [0.2, 0.25) is 5.91 Å². The number of anilines is 1. The average Bonchev–Trinajstić information content (AvgIpc) is 2.58. The lowest BCUT2D eigenvalue weighted by atomic mass is 10.1. The van der Waals surface area contributed by atoms with Gasteiger partial charge in [-0.25, -0.2) is 0 Å². The minimum absolute atomic E-state index is 0.131. The first kappa shape index (κ1) is 17.5. The van der Waals surface area contributed by atoms with Crippen molar-refractivity contribution in [2.75, 3.05) is 19.0 Å². The molecule has 0 radical (unpaired) electrons. The Bertz CT molecular complexity index is 724. The van der Waals surface area contributed by atoms with Crippen molar-refractivity contribution in [1.82, 2.24) is 5.32 Å². The van der Waals surface area contributed by atoms with Crippen LogP contribution in [0.3, 0.4) is 0 Å². The molecule has 0 aliphatic heterocycles. The Morgan fingerprint density at radius 1 is 1.00 bits per heavy atom. The Hall–Kier alpha value is -2.82. The number of ether oxygens (including phenoxy) is 1. The number of nitrogens with one attached hydrogen (secondary N) is 2. The average molecular weight is 326 g/mol. The lowest BCUT2D eigenvalue weighted by molar-refractivity contribution is -0.116. The van der Waals surface area contributed by atoms with Crippen LogP contribution in [0.15, 0.2) is 42.5 Å². The van der Waals surface area contributed by atoms with E-state index in [1.165, 1.54) is 5.56 Å². The molecule has 126 valence electrons. The molecule has 0 aromatic heterocycles. The summed E-state index contributed by atoms with van der Waals surface area (Å²) in [4.78, 5) is 23.9. The van der Waals surface area contributed by atoms with Gasteiger partial charge in [-0.05, 0) is 61.4 Å². The van der Waals surface area contributed by atoms with Crippen molar-refractivity contribution in [3.8, 4) is 5.75 Å². The zero-order valence-electron chi connectivity index (χ0n) is 14.2. The van der Waals surface area contributed by atoms with E-state index in [1.807, 2.05) is 32.0 Å². The minimum atomic E-state index is -0.211. The number of hydrogen-bond donors (Lipinski definition) is 2. The fourth-order valence-electron chi connectivity index (χ4n) is 2.18. The zero-order valence-corrected chi connectivity index (χ0v) is 14.2. The number of benzene rings is 2. The predicted octanol–water partition coefficient (Wildman–Crippen LogP) is 3.07. The molecule has 0 bridgehead atoms. The highest BCUT2D eigenvalue weighted by Crippen LogP contribution is 2.14. The smallest absolute Gasteiger partial charge is 0.251 e. The first-order valence-corrected chi connectivity index (χ1v) is 7.79. The third kappa shape index (κ3) is 4.84. The molecular weight excluding hydrogens is 304 g/mol. The molecule has 0 fully saturated rings. The second-order valence-electron chi connectivity index (χ2n) is 5.58. The van der Waals surface area contributed by atoms with Crippen LogP contribution in [0.2, 0.25) is 0 Å². The van der Waals surface area contributed by atoms with Gasteiger partial charge in [-0.2, -0.15) is 0 Å². The van der Waals surface area contributed by atoms with Crippen LogP contribution < -0.4 is 15.4 Å². The summed E-state index contributed by atoms with van der Waals surface area (Å²) >= 11 is 0. The minimum Gasteiger partial charge on any atom is -0.497 e. The monoisotopic (exact) mass is 326 g/mol. The van der Waals surface area contributed by atoms with Gasteiger partial charge in [0, 0.05) is 24.2 Å². The van der Waals surface area contributed by atoms with E-state index in [0.717, 1.165) is 11.3 Å². The Labute approximate surface area is 142 Å². The van der Waals surface area contributed by atoms with Crippen molar-refractivity contribution in [3.63, 3.8) is 0 Å². The van der Waals surface area contributed by atoms with Crippen LogP contribution in [-0.2, 0) is 4.79 Å². The van der Waals surface area contributed by atoms with E-state index < -0.39 is 0 Å². The lowest BCUT2D eigenvalue weighted by Crippen LogP contribution is -2.27. The summed E-state index contributed by atoms with van der Waals surface area (Å²) in [6, 6.07) is 12.6. The summed E-state index contributed by atoms with van der Waals surface area (Å²) in [6.45, 7) is 4.30. The molecule has 2 amide bonds. The summed E-state index contributed by atoms with van der Waals surface area (Å²) in [5, 5.41) is 5.56. The number of hydrogen-bond acceptors (Lipinski definition) is 3. The maximum atomic E-state index is 12.0. The van der Waals surface area contributed by atoms with Gasteiger partial charge in [0.1, 0.15) is 5.75 Å². The molecule has 5 heteroatoms. The predicted molar refractivity (Wildman–Crippen MR) is 94.5 cm³/mol. The summed E-state index contributed by atoms with van der Waals surface area (Å²) in [7, 11) is 1.57. The molecular formula is C19H22N2O3. The molecule has 2 aromatic carbocycles. The second-order valence-corrected chi connectivity index (χ2v) is 5.58. The molecule has 0 heterocycles. The van der Waals surface area contributed by atoms with Crippen LogP contribution in [0, 0.1) is 13.8 Å².